The van der Waals surface area contributed by atoms with Gasteiger partial charge < -0.3 is 21.5 Å². The number of carbonyl (C=O) groups excluding carboxylic acids is 2. The second kappa shape index (κ2) is 11.9. The van der Waals surface area contributed by atoms with Crippen molar-refractivity contribution >= 4 is 30.2 Å². The van der Waals surface area contributed by atoms with Gasteiger partial charge in [-0.25, -0.2) is 9.18 Å². The van der Waals surface area contributed by atoms with Gasteiger partial charge in [-0.1, -0.05) is 44.2 Å². The minimum Gasteiger partial charge on any atom is -0.478 e. The summed E-state index contributed by atoms with van der Waals surface area (Å²) in [6.45, 7) is 2.18. The number of primary amides is 1. The average molecular weight is 524 g/mol. The highest BCUT2D eigenvalue weighted by atomic mass is 35.5. The molecule has 0 radical (unpaired) electrons. The molecule has 2 unspecified atom stereocenters. The number of carboxylic acid groups (broad SMARTS) is 1. The van der Waals surface area contributed by atoms with E-state index in [2.05, 4.69) is 0 Å². The zero-order valence-corrected chi connectivity index (χ0v) is 21.7. The van der Waals surface area contributed by atoms with Crippen molar-refractivity contribution in [1.82, 2.24) is 4.90 Å². The van der Waals surface area contributed by atoms with Gasteiger partial charge >= 0.3 is 5.97 Å². The van der Waals surface area contributed by atoms with Gasteiger partial charge in [-0.05, 0) is 62.0 Å². The molecule has 1 saturated heterocycles. The lowest BCUT2D eigenvalue weighted by Crippen LogP contribution is -2.50. The fourth-order valence-corrected chi connectivity index (χ4v) is 6.98. The van der Waals surface area contributed by atoms with E-state index >= 15 is 4.39 Å². The molecule has 4 rings (SSSR count). The molecule has 2 amide bonds. The van der Waals surface area contributed by atoms with Crippen LogP contribution in [0.3, 0.4) is 0 Å². The lowest BCUT2D eigenvalue weighted by atomic mass is 9.70. The van der Waals surface area contributed by atoms with Crippen LogP contribution in [-0.2, 0) is 9.59 Å². The molecule has 1 heterocycles. The first-order valence-corrected chi connectivity index (χ1v) is 13.1. The number of nitrogens with zero attached hydrogens (tertiary/aromatic N) is 1. The van der Waals surface area contributed by atoms with Crippen molar-refractivity contribution in [3.05, 3.63) is 35.1 Å². The van der Waals surface area contributed by atoms with E-state index in [1.165, 1.54) is 6.07 Å². The van der Waals surface area contributed by atoms with Gasteiger partial charge in [0.05, 0.1) is 5.56 Å². The molecule has 2 aliphatic carbocycles. The molecule has 0 bridgehead atoms. The highest BCUT2D eigenvalue weighted by molar-refractivity contribution is 5.90. The largest absolute Gasteiger partial charge is 0.478 e. The quantitative estimate of drug-likeness (QED) is 0.518. The monoisotopic (exact) mass is 523 g/mol. The molecule has 200 valence electrons. The predicted molar refractivity (Wildman–Crippen MR) is 137 cm³/mol. The van der Waals surface area contributed by atoms with E-state index in [1.54, 1.807) is 17.0 Å². The highest BCUT2D eigenvalue weighted by Gasteiger charge is 2.52. The highest BCUT2D eigenvalue weighted by Crippen LogP contribution is 2.48. The molecule has 0 aromatic heterocycles. The number of hydrogen-bond donors (Lipinski definition) is 3. The van der Waals surface area contributed by atoms with Crippen LogP contribution in [0.2, 0.25) is 0 Å². The van der Waals surface area contributed by atoms with Crippen molar-refractivity contribution < 1.29 is 23.9 Å². The Bertz CT molecular complexity index is 960. The summed E-state index contributed by atoms with van der Waals surface area (Å²) in [5.41, 5.74) is 11.9. The molecule has 1 aromatic rings. The van der Waals surface area contributed by atoms with Crippen LogP contribution < -0.4 is 11.5 Å². The SMILES string of the molecule is CC(N)[C@H]1CC[C@H](C(=O)N2CC(c3cccc(C(=O)O)c3F)[C@@H](C3CCCCC3)[C@H]2C(N)=O)CC1.Cl. The smallest absolute Gasteiger partial charge is 0.338 e. The van der Waals surface area contributed by atoms with Crippen LogP contribution in [0.5, 0.6) is 0 Å². The summed E-state index contributed by atoms with van der Waals surface area (Å²) in [7, 11) is 0. The van der Waals surface area contributed by atoms with E-state index in [9.17, 15) is 19.5 Å². The number of carbonyl (C=O) groups is 3. The minimum absolute atomic E-state index is 0. The standard InChI is InChI=1S/C27H38FN3O4.ClH/c1-15(29)16-10-12-18(13-11-16)26(33)31-14-21(19-8-5-9-20(23(19)28)27(34)35)22(24(31)25(30)32)17-6-3-2-4-7-17;/h5,8-9,15-18,21-22,24H,2-4,6-7,10-14,29H2,1H3,(H2,30,32)(H,34,35);1H/t15?,16-,18-,21?,22-,24+;/m1./s1. The molecule has 5 N–H and O–H groups in total. The summed E-state index contributed by atoms with van der Waals surface area (Å²) in [5.74, 6) is -3.23. The molecule has 3 aliphatic rings. The van der Waals surface area contributed by atoms with Gasteiger partial charge in [-0.15, -0.1) is 12.4 Å². The molecule has 7 nitrogen and oxygen atoms in total. The molecule has 1 aliphatic heterocycles. The second-order valence-corrected chi connectivity index (χ2v) is 10.9. The Hall–Kier alpha value is -2.19. The Morgan fingerprint density at radius 3 is 2.25 bits per heavy atom. The van der Waals surface area contributed by atoms with E-state index in [4.69, 9.17) is 11.5 Å². The fraction of sp³-hybridized carbons (Fsp3) is 0.667. The summed E-state index contributed by atoms with van der Waals surface area (Å²) < 4.78 is 15.4. The number of amides is 2. The van der Waals surface area contributed by atoms with E-state index in [-0.39, 0.29) is 59.8 Å². The van der Waals surface area contributed by atoms with E-state index in [0.29, 0.717) is 18.8 Å². The van der Waals surface area contributed by atoms with Gasteiger partial charge in [-0.3, -0.25) is 9.59 Å². The van der Waals surface area contributed by atoms with Crippen molar-refractivity contribution in [2.24, 2.45) is 35.1 Å². The number of hydrogen-bond acceptors (Lipinski definition) is 4. The Labute approximate surface area is 218 Å². The van der Waals surface area contributed by atoms with Gasteiger partial charge in [0.25, 0.3) is 0 Å². The van der Waals surface area contributed by atoms with Crippen LogP contribution in [0.15, 0.2) is 18.2 Å². The zero-order chi connectivity index (χ0) is 25.3. The maximum absolute atomic E-state index is 15.4. The third-order valence-electron chi connectivity index (χ3n) is 8.85. The number of likely N-dealkylation sites (tertiary alicyclic amines) is 1. The first-order valence-electron chi connectivity index (χ1n) is 13.1. The molecule has 1 aromatic carbocycles. The number of nitrogens with two attached hydrogens (primary N) is 2. The Morgan fingerprint density at radius 1 is 1.06 bits per heavy atom. The Balaban J connectivity index is 0.00000361. The molecular formula is C27H39ClFN3O4. The third kappa shape index (κ3) is 5.54. The van der Waals surface area contributed by atoms with Crippen molar-refractivity contribution in [3.63, 3.8) is 0 Å². The number of rotatable bonds is 6. The minimum atomic E-state index is -1.33. The molecule has 4 atom stereocenters. The summed E-state index contributed by atoms with van der Waals surface area (Å²) in [6, 6.07) is 3.66. The third-order valence-corrected chi connectivity index (χ3v) is 8.85. The summed E-state index contributed by atoms with van der Waals surface area (Å²) in [6.07, 6.45) is 8.12. The van der Waals surface area contributed by atoms with Gasteiger partial charge in [0.2, 0.25) is 11.8 Å². The summed E-state index contributed by atoms with van der Waals surface area (Å²) in [5, 5.41) is 9.47. The number of benzene rings is 1. The van der Waals surface area contributed by atoms with Gasteiger partial charge in [0, 0.05) is 24.4 Å². The molecular weight excluding hydrogens is 485 g/mol. The topological polar surface area (TPSA) is 127 Å². The zero-order valence-electron chi connectivity index (χ0n) is 20.9. The normalized spacial score (nSPS) is 29.9. The van der Waals surface area contributed by atoms with E-state index in [1.807, 2.05) is 6.92 Å². The Kier molecular flexibility index (Phi) is 9.39. The Morgan fingerprint density at radius 2 is 1.69 bits per heavy atom. The van der Waals surface area contributed by atoms with Crippen LogP contribution in [-0.4, -0.2) is 46.4 Å². The van der Waals surface area contributed by atoms with Crippen molar-refractivity contribution in [3.8, 4) is 0 Å². The van der Waals surface area contributed by atoms with Crippen LogP contribution >= 0.6 is 12.4 Å². The molecule has 3 fully saturated rings. The van der Waals surface area contributed by atoms with E-state index in [0.717, 1.165) is 44.9 Å². The maximum Gasteiger partial charge on any atom is 0.338 e. The molecule has 0 spiro atoms. The van der Waals surface area contributed by atoms with Crippen molar-refractivity contribution in [2.45, 2.75) is 82.7 Å². The maximum atomic E-state index is 15.4. The average Bonchev–Trinajstić information content (AvgIpc) is 3.25. The number of aromatic carboxylic acids is 1. The van der Waals surface area contributed by atoms with Gasteiger partial charge in [0.1, 0.15) is 11.9 Å². The number of carboxylic acids is 1. The summed E-state index contributed by atoms with van der Waals surface area (Å²) in [4.78, 5) is 39.8. The van der Waals surface area contributed by atoms with Crippen LogP contribution in [0, 0.1) is 29.5 Å². The predicted octanol–water partition coefficient (Wildman–Crippen LogP) is 4.08. The fourth-order valence-electron chi connectivity index (χ4n) is 6.98. The second-order valence-electron chi connectivity index (χ2n) is 10.9. The summed E-state index contributed by atoms with van der Waals surface area (Å²) >= 11 is 0. The van der Waals surface area contributed by atoms with Gasteiger partial charge in [-0.2, -0.15) is 0 Å². The first kappa shape index (κ1) is 28.4. The lowest BCUT2D eigenvalue weighted by Gasteiger charge is -2.36. The van der Waals surface area contributed by atoms with Gasteiger partial charge in [0.15, 0.2) is 0 Å². The van der Waals surface area contributed by atoms with Crippen molar-refractivity contribution in [2.75, 3.05) is 6.54 Å². The molecule has 9 heteroatoms. The van der Waals surface area contributed by atoms with Crippen LogP contribution in [0.4, 0.5) is 4.39 Å². The number of halogens is 2. The molecule has 36 heavy (non-hydrogen) atoms. The van der Waals surface area contributed by atoms with Crippen molar-refractivity contribution in [1.29, 1.82) is 0 Å². The van der Waals surface area contributed by atoms with E-state index < -0.39 is 29.7 Å². The lowest BCUT2D eigenvalue weighted by molar-refractivity contribution is -0.143. The van der Waals surface area contributed by atoms with Crippen LogP contribution in [0.25, 0.3) is 0 Å². The molecule has 2 saturated carbocycles. The first-order chi connectivity index (χ1) is 16.7. The van der Waals surface area contributed by atoms with Crippen LogP contribution in [0.1, 0.15) is 86.6 Å².